The van der Waals surface area contributed by atoms with Gasteiger partial charge in [0, 0.05) is 17.5 Å². The molecule has 0 aliphatic carbocycles. The minimum atomic E-state index is -0.787. The number of carbonyl (C=O) groups is 3. The predicted octanol–water partition coefficient (Wildman–Crippen LogP) is 3.88. The van der Waals surface area contributed by atoms with Gasteiger partial charge in [-0.05, 0) is 50.7 Å². The van der Waals surface area contributed by atoms with Crippen LogP contribution in [0.4, 0.5) is 5.69 Å². The minimum absolute atomic E-state index is 0.0178. The standard InChI is InChI=1S/C29H40N2O5S/c1-7-15-30(24-18(5)11-10-12-19(24)6)27(34)25-29-14-13-21(37-29)22(28(35)36-9-3)23(29)26(33)31(25)20(16-32)17(4)8-2/h7,10-12,17,20-23,25,32H,1,8-9,13-16H2,2-6H3/t17-,20-,21+,22-,23-,25?,29?/m0/s1. The van der Waals surface area contributed by atoms with Gasteiger partial charge in [-0.15, -0.1) is 18.3 Å². The number of hydrogen-bond acceptors (Lipinski definition) is 6. The second-order valence-corrected chi connectivity index (χ2v) is 12.3. The van der Waals surface area contributed by atoms with Crippen LogP contribution in [0.2, 0.25) is 0 Å². The Morgan fingerprint density at radius 1 is 1.32 bits per heavy atom. The summed E-state index contributed by atoms with van der Waals surface area (Å²) in [6.07, 6.45) is 3.89. The summed E-state index contributed by atoms with van der Waals surface area (Å²) in [5.41, 5.74) is 2.75. The highest BCUT2D eigenvalue weighted by atomic mass is 32.2. The number of amides is 2. The molecule has 0 aromatic heterocycles. The summed E-state index contributed by atoms with van der Waals surface area (Å²) in [5.74, 6) is -1.95. The number of esters is 1. The lowest BCUT2D eigenvalue weighted by atomic mass is 9.71. The molecule has 0 radical (unpaired) electrons. The van der Waals surface area contributed by atoms with E-state index in [0.29, 0.717) is 13.0 Å². The smallest absolute Gasteiger partial charge is 0.310 e. The van der Waals surface area contributed by atoms with Crippen molar-refractivity contribution in [2.75, 3.05) is 24.7 Å². The van der Waals surface area contributed by atoms with Gasteiger partial charge in [-0.2, -0.15) is 0 Å². The van der Waals surface area contributed by atoms with Crippen LogP contribution in [0.25, 0.3) is 0 Å². The van der Waals surface area contributed by atoms with Crippen molar-refractivity contribution in [3.05, 3.63) is 42.0 Å². The molecule has 3 fully saturated rings. The molecule has 3 aliphatic rings. The van der Waals surface area contributed by atoms with Crippen molar-refractivity contribution in [3.63, 3.8) is 0 Å². The lowest BCUT2D eigenvalue weighted by Gasteiger charge is -2.41. The molecule has 1 aromatic carbocycles. The van der Waals surface area contributed by atoms with E-state index in [1.54, 1.807) is 34.6 Å². The summed E-state index contributed by atoms with van der Waals surface area (Å²) in [4.78, 5) is 45.5. The average molecular weight is 529 g/mol. The van der Waals surface area contributed by atoms with Crippen molar-refractivity contribution in [2.45, 2.75) is 76.0 Å². The number of carbonyl (C=O) groups excluding carboxylic acids is 3. The van der Waals surface area contributed by atoms with Gasteiger partial charge in [0.05, 0.1) is 35.8 Å². The van der Waals surface area contributed by atoms with Gasteiger partial charge >= 0.3 is 5.97 Å². The molecule has 1 N–H and O–H groups in total. The average Bonchev–Trinajstić information content (AvgIpc) is 3.51. The number of likely N-dealkylation sites (tertiary alicyclic amines) is 1. The zero-order valence-electron chi connectivity index (χ0n) is 22.6. The van der Waals surface area contributed by atoms with Crippen LogP contribution in [0.15, 0.2) is 30.9 Å². The molecular formula is C29H40N2O5S. The van der Waals surface area contributed by atoms with Crippen molar-refractivity contribution < 1.29 is 24.2 Å². The molecule has 1 spiro atoms. The van der Waals surface area contributed by atoms with E-state index in [4.69, 9.17) is 4.74 Å². The number of thioether (sulfide) groups is 1. The maximum atomic E-state index is 14.7. The summed E-state index contributed by atoms with van der Waals surface area (Å²) in [6.45, 7) is 14.0. The third-order valence-corrected chi connectivity index (χ3v) is 10.6. The van der Waals surface area contributed by atoms with Crippen LogP contribution in [0.3, 0.4) is 0 Å². The highest BCUT2D eigenvalue weighted by Crippen LogP contribution is 2.67. The molecule has 37 heavy (non-hydrogen) atoms. The molecule has 7 atom stereocenters. The fraction of sp³-hybridized carbons (Fsp3) is 0.621. The van der Waals surface area contributed by atoms with E-state index in [1.807, 2.05) is 45.9 Å². The van der Waals surface area contributed by atoms with Gasteiger partial charge in [0.15, 0.2) is 0 Å². The molecule has 3 saturated heterocycles. The molecule has 7 nitrogen and oxygen atoms in total. The summed E-state index contributed by atoms with van der Waals surface area (Å²) < 4.78 is 4.69. The maximum absolute atomic E-state index is 14.7. The van der Waals surface area contributed by atoms with E-state index in [1.165, 1.54) is 0 Å². The number of aliphatic hydroxyl groups is 1. The van der Waals surface area contributed by atoms with Crippen molar-refractivity contribution >= 4 is 35.2 Å². The van der Waals surface area contributed by atoms with Crippen LogP contribution in [0, 0.1) is 31.6 Å². The number of anilines is 1. The maximum Gasteiger partial charge on any atom is 0.310 e. The Bertz CT molecular complexity index is 1060. The van der Waals surface area contributed by atoms with E-state index in [-0.39, 0.29) is 42.2 Å². The SMILES string of the molecule is C=CCN(C(=O)C1N([C@@H](CO)[C@@H](C)CC)C(=O)[C@@H]2[C@@H](C(=O)OCC)[C@H]3CCC12S3)c1c(C)cccc1C. The second kappa shape index (κ2) is 10.8. The van der Waals surface area contributed by atoms with Crippen LogP contribution >= 0.6 is 11.8 Å². The highest BCUT2D eigenvalue weighted by Gasteiger charge is 2.75. The molecule has 0 saturated carbocycles. The summed E-state index contributed by atoms with van der Waals surface area (Å²) >= 11 is 1.62. The first kappa shape index (κ1) is 27.7. The van der Waals surface area contributed by atoms with Gasteiger partial charge in [-0.3, -0.25) is 14.4 Å². The molecule has 2 amide bonds. The Hall–Kier alpha value is -2.32. The van der Waals surface area contributed by atoms with E-state index in [9.17, 15) is 19.5 Å². The van der Waals surface area contributed by atoms with Crippen molar-refractivity contribution in [2.24, 2.45) is 17.8 Å². The number of rotatable bonds is 10. The number of benzene rings is 1. The second-order valence-electron chi connectivity index (χ2n) is 10.7. The van der Waals surface area contributed by atoms with Crippen molar-refractivity contribution in [1.82, 2.24) is 4.90 Å². The number of fused-ring (bicyclic) bond motifs is 1. The largest absolute Gasteiger partial charge is 0.466 e. The first-order valence-electron chi connectivity index (χ1n) is 13.4. The third kappa shape index (κ3) is 4.30. The molecule has 2 bridgehead atoms. The van der Waals surface area contributed by atoms with Crippen LogP contribution in [-0.2, 0) is 19.1 Å². The monoisotopic (exact) mass is 528 g/mol. The molecule has 202 valence electrons. The number of aliphatic hydroxyl groups excluding tert-OH is 1. The summed E-state index contributed by atoms with van der Waals surface area (Å²) in [7, 11) is 0. The minimum Gasteiger partial charge on any atom is -0.466 e. The normalized spacial score (nSPS) is 29.7. The van der Waals surface area contributed by atoms with Crippen LogP contribution in [-0.4, -0.2) is 69.6 Å². The van der Waals surface area contributed by atoms with E-state index in [2.05, 4.69) is 6.58 Å². The first-order valence-corrected chi connectivity index (χ1v) is 14.3. The predicted molar refractivity (Wildman–Crippen MR) is 146 cm³/mol. The quantitative estimate of drug-likeness (QED) is 0.366. The lowest BCUT2D eigenvalue weighted by molar-refractivity contribution is -0.154. The third-order valence-electron chi connectivity index (χ3n) is 8.66. The lowest BCUT2D eigenvalue weighted by Crippen LogP contribution is -2.59. The first-order chi connectivity index (χ1) is 17.7. The van der Waals surface area contributed by atoms with Gasteiger partial charge in [0.1, 0.15) is 6.04 Å². The number of aryl methyl sites for hydroxylation is 2. The fourth-order valence-corrected chi connectivity index (χ4v) is 9.04. The Balaban J connectivity index is 1.87. The van der Waals surface area contributed by atoms with Crippen LogP contribution < -0.4 is 4.90 Å². The number of para-hydroxylation sites is 1. The molecule has 8 heteroatoms. The molecule has 4 rings (SSSR count). The van der Waals surface area contributed by atoms with Crippen molar-refractivity contribution in [3.8, 4) is 0 Å². The number of nitrogens with zero attached hydrogens (tertiary/aromatic N) is 2. The highest BCUT2D eigenvalue weighted by molar-refractivity contribution is 8.02. The Morgan fingerprint density at radius 3 is 2.57 bits per heavy atom. The summed E-state index contributed by atoms with van der Waals surface area (Å²) in [5, 5.41) is 10.5. The number of ether oxygens (including phenoxy) is 1. The zero-order chi connectivity index (χ0) is 27.1. The molecule has 3 heterocycles. The van der Waals surface area contributed by atoms with Gasteiger partial charge in [-0.1, -0.05) is 44.5 Å². The van der Waals surface area contributed by atoms with E-state index in [0.717, 1.165) is 29.7 Å². The van der Waals surface area contributed by atoms with Gasteiger partial charge < -0.3 is 19.6 Å². The Kier molecular flexibility index (Phi) is 8.10. The Morgan fingerprint density at radius 2 is 2.00 bits per heavy atom. The topological polar surface area (TPSA) is 87.2 Å². The van der Waals surface area contributed by atoms with E-state index >= 15 is 0 Å². The summed E-state index contributed by atoms with van der Waals surface area (Å²) in [6, 6.07) is 4.62. The van der Waals surface area contributed by atoms with Crippen LogP contribution in [0.5, 0.6) is 0 Å². The molecular weight excluding hydrogens is 488 g/mol. The fourth-order valence-electron chi connectivity index (χ4n) is 6.85. The van der Waals surface area contributed by atoms with Gasteiger partial charge in [0.2, 0.25) is 5.91 Å². The zero-order valence-corrected chi connectivity index (χ0v) is 23.4. The molecule has 1 aromatic rings. The van der Waals surface area contributed by atoms with Gasteiger partial charge in [0.25, 0.3) is 5.91 Å². The molecule has 3 aliphatic heterocycles. The molecule has 2 unspecified atom stereocenters. The number of hydrogen-bond donors (Lipinski definition) is 1. The van der Waals surface area contributed by atoms with E-state index < -0.39 is 28.7 Å². The van der Waals surface area contributed by atoms with Gasteiger partial charge in [-0.25, -0.2) is 0 Å². The van der Waals surface area contributed by atoms with Crippen LogP contribution in [0.1, 0.15) is 51.2 Å². The van der Waals surface area contributed by atoms with Crippen molar-refractivity contribution in [1.29, 1.82) is 0 Å². The Labute approximate surface area is 224 Å².